The van der Waals surface area contributed by atoms with E-state index in [2.05, 4.69) is 5.32 Å². The lowest BCUT2D eigenvalue weighted by atomic mass is 10.2. The first-order chi connectivity index (χ1) is 11.4. The Hall–Kier alpha value is -3.04. The van der Waals surface area contributed by atoms with Crippen molar-refractivity contribution in [1.29, 1.82) is 5.26 Å². The minimum atomic E-state index is -1.08. The monoisotopic (exact) mass is 344 g/mol. The van der Waals surface area contributed by atoms with Crippen LogP contribution in [0, 0.1) is 11.3 Å². The first kappa shape index (κ1) is 17.3. The molecule has 0 aromatic heterocycles. The van der Waals surface area contributed by atoms with E-state index in [-0.39, 0.29) is 16.3 Å². The van der Waals surface area contributed by atoms with Gasteiger partial charge in [-0.15, -0.1) is 0 Å². The summed E-state index contributed by atoms with van der Waals surface area (Å²) in [5, 5.41) is 21.2. The molecule has 24 heavy (non-hydrogen) atoms. The van der Waals surface area contributed by atoms with Crippen LogP contribution in [0.2, 0.25) is 5.02 Å². The second-order valence-electron chi connectivity index (χ2n) is 4.89. The number of rotatable bonds is 4. The van der Waals surface area contributed by atoms with Gasteiger partial charge in [0.05, 0.1) is 11.6 Å². The van der Waals surface area contributed by atoms with Crippen molar-refractivity contribution in [3.8, 4) is 11.8 Å². The Labute approximate surface area is 143 Å². The number of nitriles is 1. The fraction of sp³-hybridized carbons (Fsp3) is 0.118. The van der Waals surface area contributed by atoms with E-state index < -0.39 is 18.0 Å². The first-order valence-electron chi connectivity index (χ1n) is 6.91. The van der Waals surface area contributed by atoms with Crippen LogP contribution in [-0.2, 0) is 9.53 Å². The van der Waals surface area contributed by atoms with E-state index in [1.165, 1.54) is 25.1 Å². The number of ether oxygens (including phenoxy) is 1. The van der Waals surface area contributed by atoms with Crippen LogP contribution in [0.1, 0.15) is 22.8 Å². The van der Waals surface area contributed by atoms with Crippen LogP contribution in [0.15, 0.2) is 42.5 Å². The highest BCUT2D eigenvalue weighted by molar-refractivity contribution is 6.30. The Bertz CT molecular complexity index is 812. The molecule has 0 unspecified atom stereocenters. The summed E-state index contributed by atoms with van der Waals surface area (Å²) in [6.45, 7) is 1.41. The number of nitrogens with zero attached hydrogens (tertiary/aromatic N) is 1. The molecule has 0 saturated heterocycles. The number of benzene rings is 2. The molecule has 0 radical (unpaired) electrons. The van der Waals surface area contributed by atoms with E-state index in [1.807, 2.05) is 6.07 Å². The largest absolute Gasteiger partial charge is 0.507 e. The maximum Gasteiger partial charge on any atom is 0.342 e. The topological polar surface area (TPSA) is 99.4 Å². The quantitative estimate of drug-likeness (QED) is 0.830. The maximum atomic E-state index is 12.0. The fourth-order valence-corrected chi connectivity index (χ4v) is 1.99. The minimum Gasteiger partial charge on any atom is -0.507 e. The SMILES string of the molecule is C[C@H](OC(=O)c1ccc(Cl)cc1O)C(=O)Nc1ccc(C#N)cc1. The number of phenols is 1. The standard InChI is InChI=1S/C17H13ClN2O4/c1-10(16(22)20-13-5-2-11(9-19)3-6-13)24-17(23)14-7-4-12(18)8-15(14)21/h2-8,10,21H,1H3,(H,20,22)/t10-/m0/s1. The van der Waals surface area contributed by atoms with E-state index in [1.54, 1.807) is 24.3 Å². The van der Waals surface area contributed by atoms with Crippen LogP contribution in [0.25, 0.3) is 0 Å². The lowest BCUT2D eigenvalue weighted by molar-refractivity contribution is -0.123. The molecule has 122 valence electrons. The smallest absolute Gasteiger partial charge is 0.342 e. The van der Waals surface area contributed by atoms with Crippen molar-refractivity contribution in [3.63, 3.8) is 0 Å². The van der Waals surface area contributed by atoms with Crippen LogP contribution in [0.4, 0.5) is 5.69 Å². The van der Waals surface area contributed by atoms with Gasteiger partial charge < -0.3 is 15.2 Å². The molecule has 0 heterocycles. The van der Waals surface area contributed by atoms with E-state index in [9.17, 15) is 14.7 Å². The number of halogens is 1. The Morgan fingerprint density at radius 2 is 1.92 bits per heavy atom. The van der Waals surface area contributed by atoms with Gasteiger partial charge in [-0.05, 0) is 49.4 Å². The highest BCUT2D eigenvalue weighted by Gasteiger charge is 2.21. The molecule has 0 aliphatic rings. The molecular formula is C17H13ClN2O4. The lowest BCUT2D eigenvalue weighted by Crippen LogP contribution is -2.30. The maximum absolute atomic E-state index is 12.0. The second kappa shape index (κ2) is 7.49. The van der Waals surface area contributed by atoms with Crippen LogP contribution >= 0.6 is 11.6 Å². The third-order valence-corrected chi connectivity index (χ3v) is 3.35. The fourth-order valence-electron chi connectivity index (χ4n) is 1.83. The number of hydrogen-bond donors (Lipinski definition) is 2. The highest BCUT2D eigenvalue weighted by Crippen LogP contribution is 2.23. The summed E-state index contributed by atoms with van der Waals surface area (Å²) in [5.41, 5.74) is 0.847. The Balaban J connectivity index is 2.00. The zero-order chi connectivity index (χ0) is 17.7. The Kier molecular flexibility index (Phi) is 5.40. The third-order valence-electron chi connectivity index (χ3n) is 3.11. The summed E-state index contributed by atoms with van der Waals surface area (Å²) in [5.74, 6) is -1.71. The molecular weight excluding hydrogens is 332 g/mol. The van der Waals surface area contributed by atoms with Crippen molar-refractivity contribution in [3.05, 3.63) is 58.6 Å². The highest BCUT2D eigenvalue weighted by atomic mass is 35.5. The van der Waals surface area contributed by atoms with E-state index in [0.29, 0.717) is 11.3 Å². The van der Waals surface area contributed by atoms with Gasteiger partial charge in [0.2, 0.25) is 0 Å². The van der Waals surface area contributed by atoms with Crippen LogP contribution in [0.3, 0.4) is 0 Å². The molecule has 2 aromatic carbocycles. The molecule has 2 rings (SSSR count). The Morgan fingerprint density at radius 1 is 1.25 bits per heavy atom. The Morgan fingerprint density at radius 3 is 2.50 bits per heavy atom. The summed E-state index contributed by atoms with van der Waals surface area (Å²) < 4.78 is 5.03. The molecule has 1 atom stereocenters. The zero-order valence-electron chi connectivity index (χ0n) is 12.6. The van der Waals surface area contributed by atoms with Crippen molar-refractivity contribution < 1.29 is 19.4 Å². The van der Waals surface area contributed by atoms with Crippen LogP contribution in [0.5, 0.6) is 5.75 Å². The van der Waals surface area contributed by atoms with Crippen LogP contribution < -0.4 is 5.32 Å². The summed E-state index contributed by atoms with van der Waals surface area (Å²) in [6, 6.07) is 12.2. The summed E-state index contributed by atoms with van der Waals surface area (Å²) in [6.07, 6.45) is -1.08. The molecule has 1 amide bonds. The van der Waals surface area contributed by atoms with E-state index >= 15 is 0 Å². The molecule has 0 bridgehead atoms. The van der Waals surface area contributed by atoms with Crippen molar-refractivity contribution in [1.82, 2.24) is 0 Å². The number of amides is 1. The number of esters is 1. The average molecular weight is 345 g/mol. The van der Waals surface area contributed by atoms with Gasteiger partial charge in [-0.3, -0.25) is 4.79 Å². The van der Waals surface area contributed by atoms with Crippen molar-refractivity contribution in [2.24, 2.45) is 0 Å². The number of anilines is 1. The molecule has 6 nitrogen and oxygen atoms in total. The predicted molar refractivity (Wildman–Crippen MR) is 87.8 cm³/mol. The number of aromatic hydroxyl groups is 1. The summed E-state index contributed by atoms with van der Waals surface area (Å²) in [7, 11) is 0. The van der Waals surface area contributed by atoms with Crippen molar-refractivity contribution in [2.45, 2.75) is 13.0 Å². The summed E-state index contributed by atoms with van der Waals surface area (Å²) >= 11 is 5.69. The van der Waals surface area contributed by atoms with Gasteiger partial charge in [0, 0.05) is 10.7 Å². The van der Waals surface area contributed by atoms with Crippen molar-refractivity contribution >= 4 is 29.2 Å². The van der Waals surface area contributed by atoms with E-state index in [4.69, 9.17) is 21.6 Å². The predicted octanol–water partition coefficient (Wildman–Crippen LogP) is 3.10. The molecule has 7 heteroatoms. The number of hydrogen-bond acceptors (Lipinski definition) is 5. The third kappa shape index (κ3) is 4.24. The van der Waals surface area contributed by atoms with Gasteiger partial charge in [0.25, 0.3) is 5.91 Å². The molecule has 2 aromatic rings. The van der Waals surface area contributed by atoms with Crippen molar-refractivity contribution in [2.75, 3.05) is 5.32 Å². The van der Waals surface area contributed by atoms with Gasteiger partial charge in [0.1, 0.15) is 11.3 Å². The number of nitrogens with one attached hydrogen (secondary N) is 1. The molecule has 0 fully saturated rings. The molecule has 0 spiro atoms. The lowest BCUT2D eigenvalue weighted by Gasteiger charge is -2.14. The van der Waals surface area contributed by atoms with Gasteiger partial charge in [-0.1, -0.05) is 11.6 Å². The summed E-state index contributed by atoms with van der Waals surface area (Å²) in [4.78, 5) is 24.0. The second-order valence-corrected chi connectivity index (χ2v) is 5.32. The first-order valence-corrected chi connectivity index (χ1v) is 7.29. The molecule has 0 saturated carbocycles. The van der Waals surface area contributed by atoms with E-state index in [0.717, 1.165) is 0 Å². The molecule has 0 aliphatic heterocycles. The molecule has 2 N–H and O–H groups in total. The minimum absolute atomic E-state index is 0.0857. The van der Waals surface area contributed by atoms with Gasteiger partial charge in [0.15, 0.2) is 6.10 Å². The number of carbonyl (C=O) groups is 2. The average Bonchev–Trinajstić information content (AvgIpc) is 2.55. The zero-order valence-corrected chi connectivity index (χ0v) is 13.4. The number of carbonyl (C=O) groups excluding carboxylic acids is 2. The van der Waals surface area contributed by atoms with Gasteiger partial charge >= 0.3 is 5.97 Å². The van der Waals surface area contributed by atoms with Gasteiger partial charge in [-0.25, -0.2) is 4.79 Å². The normalized spacial score (nSPS) is 11.2. The molecule has 0 aliphatic carbocycles. The number of phenolic OH excluding ortho intramolecular Hbond substituents is 1. The van der Waals surface area contributed by atoms with Gasteiger partial charge in [-0.2, -0.15) is 5.26 Å². The van der Waals surface area contributed by atoms with Crippen LogP contribution in [-0.4, -0.2) is 23.1 Å².